The zero-order valence-electron chi connectivity index (χ0n) is 8.48. The van der Waals surface area contributed by atoms with Crippen molar-refractivity contribution in [1.82, 2.24) is 4.98 Å². The molecule has 0 aliphatic carbocycles. The van der Waals surface area contributed by atoms with E-state index in [0.29, 0.717) is 5.82 Å². The van der Waals surface area contributed by atoms with Crippen LogP contribution in [0.15, 0.2) is 18.2 Å². The Morgan fingerprint density at radius 2 is 2.29 bits per heavy atom. The summed E-state index contributed by atoms with van der Waals surface area (Å²) in [6.45, 7) is 3.95. The van der Waals surface area contributed by atoms with Crippen LogP contribution in [0.2, 0.25) is 0 Å². The van der Waals surface area contributed by atoms with Crippen LogP contribution < -0.4 is 10.6 Å². The summed E-state index contributed by atoms with van der Waals surface area (Å²) in [5.41, 5.74) is 5.59. The second-order valence-corrected chi connectivity index (χ2v) is 3.08. The SMILES string of the molecule is CCN(CCCO)c1cccc(N)n1. The summed E-state index contributed by atoms with van der Waals surface area (Å²) < 4.78 is 0. The molecule has 0 saturated carbocycles. The average Bonchev–Trinajstić information content (AvgIpc) is 2.19. The Morgan fingerprint density at radius 3 is 2.86 bits per heavy atom. The smallest absolute Gasteiger partial charge is 0.130 e. The molecule has 0 radical (unpaired) electrons. The van der Waals surface area contributed by atoms with Crippen LogP contribution in [0.3, 0.4) is 0 Å². The zero-order chi connectivity index (χ0) is 10.4. The van der Waals surface area contributed by atoms with Gasteiger partial charge < -0.3 is 15.7 Å². The van der Waals surface area contributed by atoms with Crippen LogP contribution in [0.5, 0.6) is 0 Å². The number of nitrogen functional groups attached to an aromatic ring is 1. The highest BCUT2D eigenvalue weighted by Gasteiger charge is 2.04. The molecule has 3 N–H and O–H groups in total. The third-order valence-electron chi connectivity index (χ3n) is 2.05. The highest BCUT2D eigenvalue weighted by Crippen LogP contribution is 2.12. The fraction of sp³-hybridized carbons (Fsp3) is 0.500. The molecule has 0 aliphatic rings. The van der Waals surface area contributed by atoms with Crippen LogP contribution in [0, 0.1) is 0 Å². The number of pyridine rings is 1. The van der Waals surface area contributed by atoms with Gasteiger partial charge in [-0.2, -0.15) is 0 Å². The van der Waals surface area contributed by atoms with Gasteiger partial charge >= 0.3 is 0 Å². The van der Waals surface area contributed by atoms with Crippen molar-refractivity contribution in [3.8, 4) is 0 Å². The first-order valence-electron chi connectivity index (χ1n) is 4.86. The van der Waals surface area contributed by atoms with Gasteiger partial charge in [0.1, 0.15) is 11.6 Å². The number of nitrogens with two attached hydrogens (primary N) is 1. The Hall–Kier alpha value is -1.29. The van der Waals surface area contributed by atoms with E-state index in [1.165, 1.54) is 0 Å². The minimum absolute atomic E-state index is 0.207. The molecule has 0 amide bonds. The molecule has 4 heteroatoms. The maximum absolute atomic E-state index is 8.74. The summed E-state index contributed by atoms with van der Waals surface area (Å²) in [5.74, 6) is 1.41. The van der Waals surface area contributed by atoms with E-state index in [2.05, 4.69) is 16.8 Å². The number of nitrogens with zero attached hydrogens (tertiary/aromatic N) is 2. The van der Waals surface area contributed by atoms with Crippen molar-refractivity contribution in [3.63, 3.8) is 0 Å². The van der Waals surface area contributed by atoms with Crippen LogP contribution in [0.25, 0.3) is 0 Å². The molecule has 0 aromatic carbocycles. The molecule has 0 unspecified atom stereocenters. The van der Waals surface area contributed by atoms with Crippen molar-refractivity contribution < 1.29 is 5.11 Å². The largest absolute Gasteiger partial charge is 0.396 e. The Balaban J connectivity index is 2.68. The number of anilines is 2. The predicted octanol–water partition coefficient (Wildman–Crippen LogP) is 0.873. The number of rotatable bonds is 5. The number of hydrogen-bond donors (Lipinski definition) is 2. The lowest BCUT2D eigenvalue weighted by atomic mass is 10.3. The first-order valence-corrected chi connectivity index (χ1v) is 4.86. The molecule has 0 bridgehead atoms. The summed E-state index contributed by atoms with van der Waals surface area (Å²) in [4.78, 5) is 6.31. The standard InChI is InChI=1S/C10H17N3O/c1-2-13(7-4-8-14)10-6-3-5-9(11)12-10/h3,5-6,14H,2,4,7-8H2,1H3,(H2,11,12). The minimum atomic E-state index is 0.207. The molecule has 0 fully saturated rings. The average molecular weight is 195 g/mol. The molecule has 0 aliphatic heterocycles. The van der Waals surface area contributed by atoms with Crippen molar-refractivity contribution in [2.24, 2.45) is 0 Å². The van der Waals surface area contributed by atoms with Crippen molar-refractivity contribution in [2.45, 2.75) is 13.3 Å². The van der Waals surface area contributed by atoms with E-state index in [1.54, 1.807) is 6.07 Å². The fourth-order valence-electron chi connectivity index (χ4n) is 1.31. The summed E-state index contributed by atoms with van der Waals surface area (Å²) in [6, 6.07) is 5.58. The number of aromatic nitrogens is 1. The molecular weight excluding hydrogens is 178 g/mol. The van der Waals surface area contributed by atoms with Crippen LogP contribution in [0.1, 0.15) is 13.3 Å². The van der Waals surface area contributed by atoms with Crippen molar-refractivity contribution >= 4 is 11.6 Å². The summed E-state index contributed by atoms with van der Waals surface area (Å²) >= 11 is 0. The molecule has 0 spiro atoms. The van der Waals surface area contributed by atoms with Crippen molar-refractivity contribution in [2.75, 3.05) is 30.3 Å². The fourth-order valence-corrected chi connectivity index (χ4v) is 1.31. The Labute approximate surface area is 84.4 Å². The van der Waals surface area contributed by atoms with Gasteiger partial charge in [0.15, 0.2) is 0 Å². The van der Waals surface area contributed by atoms with Gasteiger partial charge in [-0.05, 0) is 25.5 Å². The van der Waals surface area contributed by atoms with E-state index < -0.39 is 0 Å². The molecule has 1 aromatic rings. The van der Waals surface area contributed by atoms with Gasteiger partial charge in [0.25, 0.3) is 0 Å². The second kappa shape index (κ2) is 5.44. The van der Waals surface area contributed by atoms with Gasteiger partial charge in [-0.15, -0.1) is 0 Å². The molecule has 14 heavy (non-hydrogen) atoms. The lowest BCUT2D eigenvalue weighted by Gasteiger charge is -2.21. The van der Waals surface area contributed by atoms with E-state index in [-0.39, 0.29) is 6.61 Å². The molecule has 1 rings (SSSR count). The van der Waals surface area contributed by atoms with E-state index >= 15 is 0 Å². The first-order chi connectivity index (χ1) is 6.77. The molecule has 1 heterocycles. The van der Waals surface area contributed by atoms with Gasteiger partial charge in [-0.3, -0.25) is 0 Å². The van der Waals surface area contributed by atoms with Gasteiger partial charge in [-0.25, -0.2) is 4.98 Å². The Morgan fingerprint density at radius 1 is 1.50 bits per heavy atom. The van der Waals surface area contributed by atoms with Crippen LogP contribution in [0.4, 0.5) is 11.6 Å². The predicted molar refractivity (Wildman–Crippen MR) is 58.2 cm³/mol. The van der Waals surface area contributed by atoms with Gasteiger partial charge in [0, 0.05) is 19.7 Å². The minimum Gasteiger partial charge on any atom is -0.396 e. The van der Waals surface area contributed by atoms with Crippen LogP contribution in [-0.4, -0.2) is 29.8 Å². The second-order valence-electron chi connectivity index (χ2n) is 3.08. The van der Waals surface area contributed by atoms with E-state index in [9.17, 15) is 0 Å². The summed E-state index contributed by atoms with van der Waals surface area (Å²) in [5, 5.41) is 8.74. The summed E-state index contributed by atoms with van der Waals surface area (Å²) in [6.07, 6.45) is 0.754. The maximum Gasteiger partial charge on any atom is 0.130 e. The quantitative estimate of drug-likeness (QED) is 0.732. The van der Waals surface area contributed by atoms with Gasteiger partial charge in [0.05, 0.1) is 0 Å². The highest BCUT2D eigenvalue weighted by molar-refractivity contribution is 5.44. The molecular formula is C10H17N3O. The zero-order valence-corrected chi connectivity index (χ0v) is 8.48. The molecule has 1 aromatic heterocycles. The van der Waals surface area contributed by atoms with E-state index in [4.69, 9.17) is 10.8 Å². The van der Waals surface area contributed by atoms with Gasteiger partial charge in [-0.1, -0.05) is 6.07 Å². The topological polar surface area (TPSA) is 62.4 Å². The highest BCUT2D eigenvalue weighted by atomic mass is 16.3. The van der Waals surface area contributed by atoms with E-state index in [1.807, 2.05) is 12.1 Å². The van der Waals surface area contributed by atoms with Crippen LogP contribution in [-0.2, 0) is 0 Å². The van der Waals surface area contributed by atoms with E-state index in [0.717, 1.165) is 25.3 Å². The monoisotopic (exact) mass is 195 g/mol. The number of aliphatic hydroxyl groups is 1. The lowest BCUT2D eigenvalue weighted by Crippen LogP contribution is -2.25. The van der Waals surface area contributed by atoms with Crippen LogP contribution >= 0.6 is 0 Å². The first kappa shape index (κ1) is 10.8. The third kappa shape index (κ3) is 2.88. The number of aliphatic hydroxyl groups excluding tert-OH is 1. The lowest BCUT2D eigenvalue weighted by molar-refractivity contribution is 0.289. The molecule has 4 nitrogen and oxygen atoms in total. The molecule has 78 valence electrons. The normalized spacial score (nSPS) is 10.1. The Bertz CT molecular complexity index is 278. The molecule has 0 saturated heterocycles. The third-order valence-corrected chi connectivity index (χ3v) is 2.05. The van der Waals surface area contributed by atoms with Crippen molar-refractivity contribution in [1.29, 1.82) is 0 Å². The van der Waals surface area contributed by atoms with Gasteiger partial charge in [0.2, 0.25) is 0 Å². The maximum atomic E-state index is 8.74. The van der Waals surface area contributed by atoms with Crippen molar-refractivity contribution in [3.05, 3.63) is 18.2 Å². The number of hydrogen-bond acceptors (Lipinski definition) is 4. The molecule has 0 atom stereocenters. The Kier molecular flexibility index (Phi) is 4.19. The summed E-state index contributed by atoms with van der Waals surface area (Å²) in [7, 11) is 0.